The van der Waals surface area contributed by atoms with E-state index in [1.165, 1.54) is 6.07 Å². The lowest BCUT2D eigenvalue weighted by Crippen LogP contribution is -1.99. The Morgan fingerprint density at radius 1 is 1.21 bits per heavy atom. The molecule has 0 unspecified atom stereocenters. The van der Waals surface area contributed by atoms with E-state index in [1.807, 2.05) is 32.0 Å². The fraction of sp³-hybridized carbons (Fsp3) is 0.100. The molecule has 118 valence electrons. The summed E-state index contributed by atoms with van der Waals surface area (Å²) in [5.74, 6) is -0.397. The Balaban J connectivity index is 2.11. The van der Waals surface area contributed by atoms with E-state index in [2.05, 4.69) is 15.6 Å². The van der Waals surface area contributed by atoms with Crippen LogP contribution in [0.2, 0.25) is 0 Å². The summed E-state index contributed by atoms with van der Waals surface area (Å²) < 4.78 is 16.0. The first-order valence-corrected chi connectivity index (χ1v) is 7.58. The van der Waals surface area contributed by atoms with Gasteiger partial charge in [-0.3, -0.25) is 4.98 Å². The zero-order chi connectivity index (χ0) is 17.1. The van der Waals surface area contributed by atoms with Crippen molar-refractivity contribution in [3.8, 4) is 11.8 Å². The second-order valence-electron chi connectivity index (χ2n) is 5.52. The molecule has 0 saturated carbocycles. The maximum atomic E-state index is 14.0. The molecule has 0 radical (unpaired) electrons. The number of nitriles is 1. The summed E-state index contributed by atoms with van der Waals surface area (Å²) in [4.78, 5) is 4.15. The van der Waals surface area contributed by atoms with E-state index >= 15 is 0 Å². The van der Waals surface area contributed by atoms with E-state index in [0.717, 1.165) is 22.6 Å². The summed E-state index contributed by atoms with van der Waals surface area (Å²) in [7, 11) is 0. The van der Waals surface area contributed by atoms with Crippen LogP contribution in [0.5, 0.6) is 0 Å². The highest BCUT2D eigenvalue weighted by Gasteiger charge is 2.12. The topological polar surface area (TPSA) is 41.6 Å². The van der Waals surface area contributed by atoms with Gasteiger partial charge in [-0.25, -0.2) is 4.39 Å². The normalized spacial score (nSPS) is 11.3. The average Bonchev–Trinajstić information content (AvgIpc) is 2.88. The second kappa shape index (κ2) is 6.51. The van der Waals surface area contributed by atoms with Crippen LogP contribution < -0.4 is 0 Å². The van der Waals surface area contributed by atoms with Gasteiger partial charge in [-0.15, -0.1) is 0 Å². The standard InChI is InChI=1S/C20H16FN3/c1-14-10-16(15(2)24(14)18-6-5-9-23-13-18)11-17(12-22)19-7-3-4-8-20(19)21/h3-11,13H,1-2H3. The molecule has 0 saturated heterocycles. The van der Waals surface area contributed by atoms with Gasteiger partial charge >= 0.3 is 0 Å². The van der Waals surface area contributed by atoms with E-state index in [0.29, 0.717) is 11.1 Å². The Bertz CT molecular complexity index is 947. The molecule has 0 N–H and O–H groups in total. The van der Waals surface area contributed by atoms with E-state index in [4.69, 9.17) is 0 Å². The predicted molar refractivity (Wildman–Crippen MR) is 92.9 cm³/mol. The molecule has 1 aromatic carbocycles. The number of allylic oxidation sites excluding steroid dienone is 1. The van der Waals surface area contributed by atoms with Crippen molar-refractivity contribution < 1.29 is 4.39 Å². The molecule has 3 rings (SSSR count). The minimum atomic E-state index is -0.397. The van der Waals surface area contributed by atoms with Crippen LogP contribution in [0.4, 0.5) is 4.39 Å². The van der Waals surface area contributed by atoms with Crippen molar-refractivity contribution in [3.63, 3.8) is 0 Å². The quantitative estimate of drug-likeness (QED) is 0.657. The van der Waals surface area contributed by atoms with Gasteiger partial charge in [0, 0.05) is 23.1 Å². The molecule has 0 spiro atoms. The number of benzene rings is 1. The summed E-state index contributed by atoms with van der Waals surface area (Å²) >= 11 is 0. The van der Waals surface area contributed by atoms with Crippen LogP contribution in [0.15, 0.2) is 54.9 Å². The third-order valence-corrected chi connectivity index (χ3v) is 3.96. The number of hydrogen-bond donors (Lipinski definition) is 0. The van der Waals surface area contributed by atoms with Gasteiger partial charge in [0.1, 0.15) is 5.82 Å². The third-order valence-electron chi connectivity index (χ3n) is 3.96. The van der Waals surface area contributed by atoms with Crippen molar-refractivity contribution in [3.05, 3.63) is 83.2 Å². The van der Waals surface area contributed by atoms with Crippen LogP contribution in [-0.4, -0.2) is 9.55 Å². The molecule has 24 heavy (non-hydrogen) atoms. The van der Waals surface area contributed by atoms with Crippen molar-refractivity contribution >= 4 is 11.6 Å². The van der Waals surface area contributed by atoms with Crippen LogP contribution in [0.25, 0.3) is 17.3 Å². The summed E-state index contributed by atoms with van der Waals surface area (Å²) in [5, 5.41) is 9.45. The zero-order valence-corrected chi connectivity index (χ0v) is 13.5. The molecule has 0 aliphatic heterocycles. The first kappa shape index (κ1) is 15.7. The van der Waals surface area contributed by atoms with Crippen molar-refractivity contribution in [1.29, 1.82) is 5.26 Å². The summed E-state index contributed by atoms with van der Waals surface area (Å²) in [6.07, 6.45) is 5.24. The largest absolute Gasteiger partial charge is 0.316 e. The third kappa shape index (κ3) is 2.84. The number of nitrogens with zero attached hydrogens (tertiary/aromatic N) is 3. The highest BCUT2D eigenvalue weighted by atomic mass is 19.1. The van der Waals surface area contributed by atoms with Crippen LogP contribution in [0.3, 0.4) is 0 Å². The molecule has 0 bridgehead atoms. The summed E-state index contributed by atoms with van der Waals surface area (Å²) in [6.45, 7) is 3.97. The van der Waals surface area contributed by atoms with Crippen LogP contribution in [0.1, 0.15) is 22.5 Å². The second-order valence-corrected chi connectivity index (χ2v) is 5.52. The first-order chi connectivity index (χ1) is 11.6. The van der Waals surface area contributed by atoms with Crippen LogP contribution in [-0.2, 0) is 0 Å². The fourth-order valence-electron chi connectivity index (χ4n) is 2.82. The summed E-state index contributed by atoms with van der Waals surface area (Å²) in [6, 6.07) is 14.3. The lowest BCUT2D eigenvalue weighted by atomic mass is 10.0. The number of pyridine rings is 1. The predicted octanol–water partition coefficient (Wildman–Crippen LogP) is 4.69. The highest BCUT2D eigenvalue weighted by Crippen LogP contribution is 2.26. The Morgan fingerprint density at radius 2 is 2.00 bits per heavy atom. The van der Waals surface area contributed by atoms with Crippen LogP contribution >= 0.6 is 0 Å². The molecular weight excluding hydrogens is 301 g/mol. The maximum Gasteiger partial charge on any atom is 0.131 e. The number of hydrogen-bond acceptors (Lipinski definition) is 2. The highest BCUT2D eigenvalue weighted by molar-refractivity contribution is 5.90. The van der Waals surface area contributed by atoms with Gasteiger partial charge in [-0.1, -0.05) is 18.2 Å². The van der Waals surface area contributed by atoms with Gasteiger partial charge in [0.05, 0.1) is 23.5 Å². The molecule has 0 amide bonds. The van der Waals surface area contributed by atoms with E-state index in [-0.39, 0.29) is 0 Å². The Labute approximate surface area is 140 Å². The van der Waals surface area contributed by atoms with Crippen molar-refractivity contribution in [2.75, 3.05) is 0 Å². The fourth-order valence-corrected chi connectivity index (χ4v) is 2.82. The minimum Gasteiger partial charge on any atom is -0.316 e. The number of aryl methyl sites for hydroxylation is 1. The number of rotatable bonds is 3. The molecule has 4 heteroatoms. The first-order valence-electron chi connectivity index (χ1n) is 7.58. The Kier molecular flexibility index (Phi) is 4.26. The van der Waals surface area contributed by atoms with Crippen molar-refractivity contribution in [2.24, 2.45) is 0 Å². The molecule has 2 heterocycles. The number of halogens is 1. The molecule has 0 aliphatic rings. The van der Waals surface area contributed by atoms with Gasteiger partial charge < -0.3 is 4.57 Å². The lowest BCUT2D eigenvalue weighted by Gasteiger charge is -2.08. The lowest BCUT2D eigenvalue weighted by molar-refractivity contribution is 0.624. The van der Waals surface area contributed by atoms with E-state index in [1.54, 1.807) is 36.7 Å². The maximum absolute atomic E-state index is 14.0. The molecule has 0 aliphatic carbocycles. The summed E-state index contributed by atoms with van der Waals surface area (Å²) in [5.41, 5.74) is 4.46. The molecule has 2 aromatic heterocycles. The van der Waals surface area contributed by atoms with Gasteiger partial charge in [-0.05, 0) is 49.8 Å². The van der Waals surface area contributed by atoms with E-state index in [9.17, 15) is 9.65 Å². The SMILES string of the molecule is Cc1cc(C=C(C#N)c2ccccc2F)c(C)n1-c1cccnc1. The smallest absolute Gasteiger partial charge is 0.131 e. The Hall–Kier alpha value is -3.19. The van der Waals surface area contributed by atoms with Gasteiger partial charge in [0.15, 0.2) is 0 Å². The van der Waals surface area contributed by atoms with Gasteiger partial charge in [0.2, 0.25) is 0 Å². The van der Waals surface area contributed by atoms with E-state index < -0.39 is 5.82 Å². The van der Waals surface area contributed by atoms with Crippen molar-refractivity contribution in [1.82, 2.24) is 9.55 Å². The molecule has 3 aromatic rings. The number of aromatic nitrogens is 2. The average molecular weight is 317 g/mol. The molecule has 0 fully saturated rings. The van der Waals surface area contributed by atoms with Crippen molar-refractivity contribution in [2.45, 2.75) is 13.8 Å². The van der Waals surface area contributed by atoms with Gasteiger partial charge in [-0.2, -0.15) is 5.26 Å². The molecule has 3 nitrogen and oxygen atoms in total. The minimum absolute atomic E-state index is 0.305. The monoisotopic (exact) mass is 317 g/mol. The Morgan fingerprint density at radius 3 is 2.67 bits per heavy atom. The zero-order valence-electron chi connectivity index (χ0n) is 13.5. The molecule has 0 atom stereocenters. The van der Waals surface area contributed by atoms with Crippen LogP contribution in [0, 0.1) is 31.0 Å². The van der Waals surface area contributed by atoms with Gasteiger partial charge in [0.25, 0.3) is 0 Å². The molecular formula is C20H16FN3.